The molecule has 1 aliphatic rings. The smallest absolute Gasteiger partial charge is 0.300 e. The van der Waals surface area contributed by atoms with E-state index in [0.29, 0.717) is 19.2 Å². The highest BCUT2D eigenvalue weighted by Crippen LogP contribution is 2.24. The molecule has 132 valence electrons. The Labute approximate surface area is 151 Å². The SMILES string of the molecule is CCc1cccc(-c2ccc(OCC3Cn4ccc(=O)nc4O3)cc2)c1. The predicted molar refractivity (Wildman–Crippen MR) is 99.7 cm³/mol. The zero-order chi connectivity index (χ0) is 17.9. The van der Waals surface area contributed by atoms with Crippen LogP contribution >= 0.6 is 0 Å². The average Bonchev–Trinajstić information content (AvgIpc) is 3.09. The summed E-state index contributed by atoms with van der Waals surface area (Å²) in [7, 11) is 0. The number of nitrogens with zero attached hydrogens (tertiary/aromatic N) is 2. The van der Waals surface area contributed by atoms with Crippen LogP contribution in [0.4, 0.5) is 0 Å². The first-order chi connectivity index (χ1) is 12.7. The van der Waals surface area contributed by atoms with E-state index in [1.807, 2.05) is 16.7 Å². The molecule has 0 saturated heterocycles. The van der Waals surface area contributed by atoms with Crippen molar-refractivity contribution in [1.29, 1.82) is 0 Å². The van der Waals surface area contributed by atoms with E-state index in [1.54, 1.807) is 6.20 Å². The van der Waals surface area contributed by atoms with Gasteiger partial charge in [0.2, 0.25) is 0 Å². The zero-order valence-corrected chi connectivity index (χ0v) is 14.6. The van der Waals surface area contributed by atoms with Gasteiger partial charge in [0.05, 0.1) is 6.54 Å². The molecule has 26 heavy (non-hydrogen) atoms. The molecular formula is C21H20N2O3. The number of rotatable bonds is 5. The maximum Gasteiger partial charge on any atom is 0.300 e. The fraction of sp³-hybridized carbons (Fsp3) is 0.238. The molecule has 1 atom stereocenters. The van der Waals surface area contributed by atoms with Crippen LogP contribution in [0.25, 0.3) is 11.1 Å². The topological polar surface area (TPSA) is 53.4 Å². The maximum absolute atomic E-state index is 11.3. The van der Waals surface area contributed by atoms with Crippen molar-refractivity contribution in [3.8, 4) is 22.9 Å². The Kier molecular flexibility index (Phi) is 4.44. The summed E-state index contributed by atoms with van der Waals surface area (Å²) < 4.78 is 13.3. The Hall–Kier alpha value is -3.08. The molecule has 4 rings (SSSR count). The van der Waals surface area contributed by atoms with Gasteiger partial charge >= 0.3 is 0 Å². The molecule has 0 fully saturated rings. The number of fused-ring (bicyclic) bond motifs is 1. The normalized spacial score (nSPS) is 15.3. The Bertz CT molecular complexity index is 963. The van der Waals surface area contributed by atoms with Crippen LogP contribution < -0.4 is 15.0 Å². The van der Waals surface area contributed by atoms with E-state index < -0.39 is 0 Å². The fourth-order valence-electron chi connectivity index (χ4n) is 3.04. The molecule has 0 spiro atoms. The van der Waals surface area contributed by atoms with Crippen molar-refractivity contribution < 1.29 is 9.47 Å². The van der Waals surface area contributed by atoms with E-state index in [1.165, 1.54) is 22.8 Å². The van der Waals surface area contributed by atoms with Gasteiger partial charge in [-0.15, -0.1) is 0 Å². The van der Waals surface area contributed by atoms with Crippen molar-refractivity contribution in [2.45, 2.75) is 26.0 Å². The largest absolute Gasteiger partial charge is 0.490 e. The number of hydrogen-bond donors (Lipinski definition) is 0. The predicted octanol–water partition coefficient (Wildman–Crippen LogP) is 3.31. The van der Waals surface area contributed by atoms with Gasteiger partial charge in [0, 0.05) is 12.3 Å². The van der Waals surface area contributed by atoms with Gasteiger partial charge in [0.15, 0.2) is 6.10 Å². The van der Waals surface area contributed by atoms with Gasteiger partial charge in [-0.25, -0.2) is 0 Å². The molecule has 0 amide bonds. The van der Waals surface area contributed by atoms with Crippen molar-refractivity contribution in [2.75, 3.05) is 6.61 Å². The van der Waals surface area contributed by atoms with E-state index in [2.05, 4.69) is 48.3 Å². The first-order valence-electron chi connectivity index (χ1n) is 8.77. The molecule has 2 aromatic carbocycles. The third-order valence-corrected chi connectivity index (χ3v) is 4.48. The van der Waals surface area contributed by atoms with Gasteiger partial charge in [-0.2, -0.15) is 4.98 Å². The number of benzene rings is 2. The number of aromatic nitrogens is 2. The van der Waals surface area contributed by atoms with E-state index in [-0.39, 0.29) is 11.7 Å². The molecule has 3 aromatic rings. The molecule has 1 aromatic heterocycles. The summed E-state index contributed by atoms with van der Waals surface area (Å²) in [6.07, 6.45) is 2.58. The van der Waals surface area contributed by atoms with Crippen LogP contribution in [0.15, 0.2) is 65.6 Å². The zero-order valence-electron chi connectivity index (χ0n) is 14.6. The third kappa shape index (κ3) is 3.47. The van der Waals surface area contributed by atoms with Crippen molar-refractivity contribution in [2.24, 2.45) is 0 Å². The van der Waals surface area contributed by atoms with Gasteiger partial charge < -0.3 is 9.47 Å². The van der Waals surface area contributed by atoms with Gasteiger partial charge in [-0.05, 0) is 35.2 Å². The summed E-state index contributed by atoms with van der Waals surface area (Å²) >= 11 is 0. The summed E-state index contributed by atoms with van der Waals surface area (Å²) in [5.41, 5.74) is 3.41. The number of hydrogen-bond acceptors (Lipinski definition) is 4. The Morgan fingerprint density at radius 2 is 2.00 bits per heavy atom. The molecule has 2 heterocycles. The first-order valence-corrected chi connectivity index (χ1v) is 8.77. The second kappa shape index (κ2) is 7.04. The van der Waals surface area contributed by atoms with Crippen LogP contribution in [0.3, 0.4) is 0 Å². The maximum atomic E-state index is 11.3. The van der Waals surface area contributed by atoms with E-state index in [0.717, 1.165) is 12.2 Å². The molecule has 0 aliphatic carbocycles. The quantitative estimate of drug-likeness (QED) is 0.710. The van der Waals surface area contributed by atoms with Crippen molar-refractivity contribution >= 4 is 0 Å². The molecule has 0 radical (unpaired) electrons. The lowest BCUT2D eigenvalue weighted by molar-refractivity contribution is 0.143. The van der Waals surface area contributed by atoms with Crippen LogP contribution in [-0.2, 0) is 13.0 Å². The molecule has 5 heteroatoms. The minimum absolute atomic E-state index is 0.148. The number of ether oxygens (including phenoxy) is 2. The van der Waals surface area contributed by atoms with Crippen molar-refractivity contribution in [3.63, 3.8) is 0 Å². The lowest BCUT2D eigenvalue weighted by Crippen LogP contribution is -2.23. The first kappa shape index (κ1) is 16.4. The summed E-state index contributed by atoms with van der Waals surface area (Å²) in [4.78, 5) is 15.1. The van der Waals surface area contributed by atoms with Gasteiger partial charge in [-0.3, -0.25) is 9.36 Å². The van der Waals surface area contributed by atoms with Crippen LogP contribution in [0, 0.1) is 0 Å². The van der Waals surface area contributed by atoms with Crippen LogP contribution in [0.5, 0.6) is 11.8 Å². The second-order valence-electron chi connectivity index (χ2n) is 6.33. The highest BCUT2D eigenvalue weighted by molar-refractivity contribution is 5.64. The Morgan fingerprint density at radius 1 is 1.15 bits per heavy atom. The summed E-state index contributed by atoms with van der Waals surface area (Å²) in [6, 6.07) is 18.4. The molecular weight excluding hydrogens is 328 g/mol. The van der Waals surface area contributed by atoms with E-state index >= 15 is 0 Å². The minimum atomic E-state index is -0.291. The molecule has 0 bridgehead atoms. The molecule has 0 saturated carbocycles. The summed E-state index contributed by atoms with van der Waals surface area (Å²) in [5, 5.41) is 0. The fourth-order valence-corrected chi connectivity index (χ4v) is 3.04. The van der Waals surface area contributed by atoms with Crippen LogP contribution in [0.1, 0.15) is 12.5 Å². The van der Waals surface area contributed by atoms with E-state index in [4.69, 9.17) is 9.47 Å². The monoisotopic (exact) mass is 348 g/mol. The average molecular weight is 348 g/mol. The number of aryl methyl sites for hydroxylation is 1. The lowest BCUT2D eigenvalue weighted by atomic mass is 10.0. The Balaban J connectivity index is 1.38. The highest BCUT2D eigenvalue weighted by atomic mass is 16.6. The van der Waals surface area contributed by atoms with Gasteiger partial charge in [0.1, 0.15) is 12.4 Å². The minimum Gasteiger partial charge on any atom is -0.490 e. The highest BCUT2D eigenvalue weighted by Gasteiger charge is 2.23. The van der Waals surface area contributed by atoms with Gasteiger partial charge in [0.25, 0.3) is 11.6 Å². The van der Waals surface area contributed by atoms with E-state index in [9.17, 15) is 4.79 Å². The van der Waals surface area contributed by atoms with Crippen molar-refractivity contribution in [3.05, 3.63) is 76.7 Å². The van der Waals surface area contributed by atoms with Crippen LogP contribution in [0.2, 0.25) is 0 Å². The second-order valence-corrected chi connectivity index (χ2v) is 6.33. The Morgan fingerprint density at radius 3 is 2.81 bits per heavy atom. The van der Waals surface area contributed by atoms with Crippen molar-refractivity contribution in [1.82, 2.24) is 9.55 Å². The molecule has 1 aliphatic heterocycles. The summed E-state index contributed by atoms with van der Waals surface area (Å²) in [5.74, 6) is 0.794. The molecule has 1 unspecified atom stereocenters. The van der Waals surface area contributed by atoms with Crippen LogP contribution in [-0.4, -0.2) is 22.3 Å². The lowest BCUT2D eigenvalue weighted by Gasteiger charge is -2.11. The van der Waals surface area contributed by atoms with Gasteiger partial charge in [-0.1, -0.05) is 43.3 Å². The standard InChI is InChI=1S/C21H20N2O3/c1-2-15-4-3-5-17(12-15)16-6-8-18(9-7-16)25-14-19-13-23-11-10-20(24)22-21(23)26-19/h3-12,19H,2,13-14H2,1H3. The molecule has 0 N–H and O–H groups in total. The molecule has 5 nitrogen and oxygen atoms in total. The summed E-state index contributed by atoms with van der Waals surface area (Å²) in [6.45, 7) is 3.19. The third-order valence-electron chi connectivity index (χ3n) is 4.48.